The van der Waals surface area contributed by atoms with Crippen LogP contribution in [0.1, 0.15) is 5.76 Å². The van der Waals surface area contributed by atoms with Gasteiger partial charge in [0, 0.05) is 28.4 Å². The summed E-state index contributed by atoms with van der Waals surface area (Å²) in [5.41, 5.74) is 0.229. The first-order valence-corrected chi connectivity index (χ1v) is 8.93. The Balaban J connectivity index is 1.85. The number of carbonyl (C=O) groups is 1. The molecule has 0 aliphatic heterocycles. The summed E-state index contributed by atoms with van der Waals surface area (Å²) in [7, 11) is 0. The van der Waals surface area contributed by atoms with Gasteiger partial charge in [-0.15, -0.1) is 0 Å². The lowest BCUT2D eigenvalue weighted by Gasteiger charge is -2.04. The van der Waals surface area contributed by atoms with Crippen LogP contribution in [0.25, 0.3) is 17.4 Å². The molecule has 0 radical (unpaired) electrons. The minimum Gasteiger partial charge on any atom is -0.507 e. The number of phenols is 1. The van der Waals surface area contributed by atoms with Gasteiger partial charge in [0.25, 0.3) is 11.6 Å². The van der Waals surface area contributed by atoms with Gasteiger partial charge in [0.05, 0.1) is 10.5 Å². The van der Waals surface area contributed by atoms with Crippen molar-refractivity contribution in [2.24, 2.45) is 0 Å². The van der Waals surface area contributed by atoms with Crippen LogP contribution in [-0.2, 0) is 4.79 Å². The predicted octanol–water partition coefficient (Wildman–Crippen LogP) is 4.87. The lowest BCUT2D eigenvalue weighted by Crippen LogP contribution is -2.13. The number of furan rings is 1. The molecule has 2 aromatic carbocycles. The van der Waals surface area contributed by atoms with Crippen LogP contribution in [0.5, 0.6) is 5.75 Å². The molecule has 3 aromatic rings. The van der Waals surface area contributed by atoms with Crippen molar-refractivity contribution < 1.29 is 19.2 Å². The molecule has 1 heterocycles. The zero-order valence-corrected chi connectivity index (χ0v) is 16.2. The number of hydrogen-bond acceptors (Lipinski definition) is 6. The van der Waals surface area contributed by atoms with E-state index in [2.05, 4.69) is 21.2 Å². The monoisotopic (exact) mass is 453 g/mol. The SMILES string of the molecule is N#C/C(=C/c1ccc(-c2cc([N+](=O)[O-])ccc2O)o1)C(=O)Nc1ccc(Br)cc1. The third kappa shape index (κ3) is 4.69. The second kappa shape index (κ2) is 8.41. The Labute approximate surface area is 173 Å². The number of benzene rings is 2. The number of aromatic hydroxyl groups is 1. The first kappa shape index (κ1) is 19.9. The summed E-state index contributed by atoms with van der Waals surface area (Å²) in [5, 5.41) is 32.8. The number of anilines is 1. The maximum atomic E-state index is 12.3. The Bertz CT molecular complexity index is 1160. The molecular weight excluding hydrogens is 442 g/mol. The van der Waals surface area contributed by atoms with Crippen LogP contribution >= 0.6 is 15.9 Å². The number of non-ortho nitro benzene ring substituents is 1. The molecular formula is C20H12BrN3O5. The summed E-state index contributed by atoms with van der Waals surface area (Å²) in [6.45, 7) is 0. The number of nitrogens with zero attached hydrogens (tertiary/aromatic N) is 2. The molecule has 2 N–H and O–H groups in total. The van der Waals surface area contributed by atoms with Crippen molar-refractivity contribution in [2.45, 2.75) is 0 Å². The summed E-state index contributed by atoms with van der Waals surface area (Å²) >= 11 is 3.29. The highest BCUT2D eigenvalue weighted by molar-refractivity contribution is 9.10. The van der Waals surface area contributed by atoms with Gasteiger partial charge in [0.15, 0.2) is 0 Å². The van der Waals surface area contributed by atoms with Gasteiger partial charge in [0.1, 0.15) is 28.9 Å². The highest BCUT2D eigenvalue weighted by atomic mass is 79.9. The van der Waals surface area contributed by atoms with Gasteiger partial charge in [-0.2, -0.15) is 5.26 Å². The van der Waals surface area contributed by atoms with E-state index in [0.717, 1.165) is 4.47 Å². The van der Waals surface area contributed by atoms with E-state index in [0.29, 0.717) is 5.69 Å². The lowest BCUT2D eigenvalue weighted by molar-refractivity contribution is -0.384. The fourth-order valence-electron chi connectivity index (χ4n) is 2.43. The van der Waals surface area contributed by atoms with Crippen molar-refractivity contribution in [3.63, 3.8) is 0 Å². The Morgan fingerprint density at radius 1 is 1.21 bits per heavy atom. The van der Waals surface area contributed by atoms with Crippen molar-refractivity contribution in [3.05, 3.63) is 80.5 Å². The molecule has 0 atom stereocenters. The van der Waals surface area contributed by atoms with Crippen molar-refractivity contribution in [1.29, 1.82) is 5.26 Å². The van der Waals surface area contributed by atoms with Crippen LogP contribution in [0.2, 0.25) is 0 Å². The third-order valence-electron chi connectivity index (χ3n) is 3.84. The maximum absolute atomic E-state index is 12.3. The molecule has 0 aliphatic carbocycles. The number of nitriles is 1. The van der Waals surface area contributed by atoms with E-state index in [1.807, 2.05) is 6.07 Å². The average Bonchev–Trinajstić information content (AvgIpc) is 3.16. The minimum atomic E-state index is -0.619. The van der Waals surface area contributed by atoms with Gasteiger partial charge < -0.3 is 14.8 Å². The first-order valence-electron chi connectivity index (χ1n) is 8.13. The summed E-state index contributed by atoms with van der Waals surface area (Å²) in [4.78, 5) is 22.7. The topological polar surface area (TPSA) is 129 Å². The molecule has 144 valence electrons. The number of amides is 1. The molecule has 0 saturated carbocycles. The van der Waals surface area contributed by atoms with Gasteiger partial charge in [-0.25, -0.2) is 0 Å². The summed E-state index contributed by atoms with van der Waals surface area (Å²) in [6, 6.07) is 15.1. The van der Waals surface area contributed by atoms with Gasteiger partial charge in [-0.1, -0.05) is 15.9 Å². The van der Waals surface area contributed by atoms with Crippen molar-refractivity contribution >= 4 is 39.3 Å². The van der Waals surface area contributed by atoms with Crippen molar-refractivity contribution in [1.82, 2.24) is 0 Å². The van der Waals surface area contributed by atoms with E-state index in [9.17, 15) is 25.3 Å². The fourth-order valence-corrected chi connectivity index (χ4v) is 2.70. The highest BCUT2D eigenvalue weighted by Crippen LogP contribution is 2.34. The zero-order chi connectivity index (χ0) is 21.0. The van der Waals surface area contributed by atoms with E-state index < -0.39 is 10.8 Å². The molecule has 8 nitrogen and oxygen atoms in total. The maximum Gasteiger partial charge on any atom is 0.270 e. The smallest absolute Gasteiger partial charge is 0.270 e. The number of rotatable bonds is 5. The van der Waals surface area contributed by atoms with E-state index in [1.165, 1.54) is 36.4 Å². The number of nitro groups is 1. The molecule has 3 rings (SSSR count). The second-order valence-corrected chi connectivity index (χ2v) is 6.71. The van der Waals surface area contributed by atoms with Crippen LogP contribution < -0.4 is 5.32 Å². The predicted molar refractivity (Wildman–Crippen MR) is 109 cm³/mol. The molecule has 1 amide bonds. The molecule has 0 spiro atoms. The summed E-state index contributed by atoms with van der Waals surface area (Å²) in [5.74, 6) is -0.489. The van der Waals surface area contributed by atoms with E-state index in [1.54, 1.807) is 24.3 Å². The van der Waals surface area contributed by atoms with Gasteiger partial charge in [0.2, 0.25) is 0 Å². The van der Waals surface area contributed by atoms with Crippen LogP contribution in [0.4, 0.5) is 11.4 Å². The summed E-state index contributed by atoms with van der Waals surface area (Å²) < 4.78 is 6.38. The van der Waals surface area contributed by atoms with Crippen LogP contribution in [0.15, 0.2) is 69.1 Å². The van der Waals surface area contributed by atoms with Gasteiger partial charge in [-0.05, 0) is 42.5 Å². The molecule has 9 heteroatoms. The highest BCUT2D eigenvalue weighted by Gasteiger charge is 2.16. The molecule has 29 heavy (non-hydrogen) atoms. The van der Waals surface area contributed by atoms with Gasteiger partial charge >= 0.3 is 0 Å². The Morgan fingerprint density at radius 2 is 1.93 bits per heavy atom. The van der Waals surface area contributed by atoms with E-state index in [-0.39, 0.29) is 34.1 Å². The Kier molecular flexibility index (Phi) is 5.76. The number of carbonyl (C=O) groups excluding carboxylic acids is 1. The van der Waals surface area contributed by atoms with Crippen molar-refractivity contribution in [2.75, 3.05) is 5.32 Å². The zero-order valence-electron chi connectivity index (χ0n) is 14.6. The number of nitrogens with one attached hydrogen (secondary N) is 1. The van der Waals surface area contributed by atoms with Crippen LogP contribution in [0.3, 0.4) is 0 Å². The Morgan fingerprint density at radius 3 is 2.59 bits per heavy atom. The number of phenolic OH excluding ortho intramolecular Hbond substituents is 1. The van der Waals surface area contributed by atoms with E-state index in [4.69, 9.17) is 4.42 Å². The van der Waals surface area contributed by atoms with Gasteiger partial charge in [-0.3, -0.25) is 14.9 Å². The fraction of sp³-hybridized carbons (Fsp3) is 0. The van der Waals surface area contributed by atoms with Crippen molar-refractivity contribution in [3.8, 4) is 23.1 Å². The average molecular weight is 454 g/mol. The number of halogens is 1. The van der Waals surface area contributed by atoms with E-state index >= 15 is 0 Å². The number of nitro benzene ring substituents is 1. The number of hydrogen-bond donors (Lipinski definition) is 2. The first-order chi connectivity index (χ1) is 13.9. The Hall–Kier alpha value is -3.90. The standard InChI is InChI=1S/C20H12BrN3O5/c21-13-1-3-14(4-2-13)23-20(26)12(11-22)9-16-6-8-19(29-16)17-10-15(24(27)28)5-7-18(17)25/h1-10,25H,(H,23,26)/b12-9-. The molecule has 0 unspecified atom stereocenters. The molecule has 0 bridgehead atoms. The summed E-state index contributed by atoms with van der Waals surface area (Å²) in [6.07, 6.45) is 1.24. The largest absolute Gasteiger partial charge is 0.507 e. The molecule has 0 saturated heterocycles. The lowest BCUT2D eigenvalue weighted by atomic mass is 10.1. The molecule has 0 aliphatic rings. The minimum absolute atomic E-state index is 0.122. The second-order valence-electron chi connectivity index (χ2n) is 5.79. The van der Waals surface area contributed by atoms with Crippen LogP contribution in [0, 0.1) is 21.4 Å². The molecule has 1 aromatic heterocycles. The van der Waals surface area contributed by atoms with Crippen LogP contribution in [-0.4, -0.2) is 15.9 Å². The normalized spacial score (nSPS) is 11.0. The third-order valence-corrected chi connectivity index (χ3v) is 4.37. The quantitative estimate of drug-likeness (QED) is 0.245. The molecule has 0 fully saturated rings.